The number of allylic oxidation sites excluding steroid dienone is 3. The van der Waals surface area contributed by atoms with Crippen molar-refractivity contribution in [3.8, 4) is 0 Å². The van der Waals surface area contributed by atoms with Crippen LogP contribution in [0.4, 0.5) is 0 Å². The largest absolute Gasteiger partial charge is 0.394 e. The van der Waals surface area contributed by atoms with Crippen LogP contribution < -0.4 is 5.32 Å². The normalized spacial score (nSPS) is 13.2. The van der Waals surface area contributed by atoms with Gasteiger partial charge < -0.3 is 15.5 Å². The first-order valence-electron chi connectivity index (χ1n) is 20.6. The van der Waals surface area contributed by atoms with E-state index in [2.05, 4.69) is 31.3 Å². The lowest BCUT2D eigenvalue weighted by molar-refractivity contribution is -0.123. The maximum absolute atomic E-state index is 12.3. The molecule has 2 unspecified atom stereocenters. The van der Waals surface area contributed by atoms with Crippen molar-refractivity contribution in [2.24, 2.45) is 0 Å². The molecule has 0 aromatic carbocycles. The van der Waals surface area contributed by atoms with E-state index in [1.165, 1.54) is 167 Å². The average Bonchev–Trinajstić information content (AvgIpc) is 3.06. The Labute approximate surface area is 288 Å². The van der Waals surface area contributed by atoms with Crippen LogP contribution in [0.25, 0.3) is 0 Å². The number of aliphatic hydroxyl groups excluding tert-OH is 2. The van der Waals surface area contributed by atoms with Crippen molar-refractivity contribution in [1.29, 1.82) is 0 Å². The van der Waals surface area contributed by atoms with Gasteiger partial charge in [-0.1, -0.05) is 205 Å². The molecule has 4 nitrogen and oxygen atoms in total. The van der Waals surface area contributed by atoms with Gasteiger partial charge in [0.15, 0.2) is 0 Å². The summed E-state index contributed by atoms with van der Waals surface area (Å²) in [7, 11) is 0. The third kappa shape index (κ3) is 34.2. The molecule has 1 amide bonds. The Morgan fingerprint density at radius 3 is 1.26 bits per heavy atom. The summed E-state index contributed by atoms with van der Waals surface area (Å²) >= 11 is 0. The number of rotatable bonds is 37. The smallest absolute Gasteiger partial charge is 0.220 e. The Kier molecular flexibility index (Phi) is 37.4. The summed E-state index contributed by atoms with van der Waals surface area (Å²) in [6.07, 6.45) is 48.5. The van der Waals surface area contributed by atoms with Crippen molar-refractivity contribution in [2.75, 3.05) is 6.61 Å². The van der Waals surface area contributed by atoms with Crippen LogP contribution >= 0.6 is 0 Å². The monoisotopic (exact) mass is 648 g/mol. The molecule has 0 radical (unpaired) electrons. The lowest BCUT2D eigenvalue weighted by Crippen LogP contribution is -2.45. The van der Waals surface area contributed by atoms with E-state index in [4.69, 9.17) is 0 Å². The molecule has 0 fully saturated rings. The van der Waals surface area contributed by atoms with Gasteiger partial charge in [0.1, 0.15) is 0 Å². The van der Waals surface area contributed by atoms with Crippen molar-refractivity contribution in [3.63, 3.8) is 0 Å². The van der Waals surface area contributed by atoms with Crippen LogP contribution in [0.1, 0.15) is 219 Å². The number of carbonyl (C=O) groups excluding carboxylic acids is 1. The van der Waals surface area contributed by atoms with Crippen molar-refractivity contribution in [1.82, 2.24) is 5.32 Å². The van der Waals surface area contributed by atoms with E-state index in [1.54, 1.807) is 6.08 Å². The Hall–Kier alpha value is -1.13. The fraction of sp³-hybridized carbons (Fsp3) is 0.881. The van der Waals surface area contributed by atoms with E-state index < -0.39 is 12.1 Å². The topological polar surface area (TPSA) is 69.6 Å². The van der Waals surface area contributed by atoms with Gasteiger partial charge in [-0.3, -0.25) is 4.79 Å². The number of amides is 1. The molecule has 3 N–H and O–H groups in total. The molecule has 0 bridgehead atoms. The lowest BCUT2D eigenvalue weighted by Gasteiger charge is -2.19. The summed E-state index contributed by atoms with van der Waals surface area (Å²) in [6, 6.07) is -0.633. The number of hydrogen-bond donors (Lipinski definition) is 3. The summed E-state index contributed by atoms with van der Waals surface area (Å²) in [6.45, 7) is 4.30. The van der Waals surface area contributed by atoms with Crippen LogP contribution in [-0.2, 0) is 4.79 Å². The molecule has 0 aromatic rings. The Balaban J connectivity index is 3.60. The number of aliphatic hydroxyl groups is 2. The minimum atomic E-state index is -0.857. The molecule has 2 atom stereocenters. The zero-order chi connectivity index (χ0) is 33.6. The van der Waals surface area contributed by atoms with E-state index in [0.29, 0.717) is 6.42 Å². The fourth-order valence-electron chi connectivity index (χ4n) is 6.25. The predicted molar refractivity (Wildman–Crippen MR) is 202 cm³/mol. The Bertz CT molecular complexity index is 661. The SMILES string of the molecule is CCCCCCCCCCCC/C=C/CC/C=C/C(O)C(CO)NC(=O)CCCCCCCCCCCCCCCCCCCC. The van der Waals surface area contributed by atoms with Gasteiger partial charge >= 0.3 is 0 Å². The molecule has 0 saturated carbocycles. The van der Waals surface area contributed by atoms with Crippen LogP contribution in [0, 0.1) is 0 Å². The van der Waals surface area contributed by atoms with Crippen LogP contribution in [0.15, 0.2) is 24.3 Å². The molecular formula is C42H81NO3. The van der Waals surface area contributed by atoms with Crippen LogP contribution in [0.2, 0.25) is 0 Å². The summed E-state index contributed by atoms with van der Waals surface area (Å²) in [4.78, 5) is 12.3. The van der Waals surface area contributed by atoms with E-state index in [9.17, 15) is 15.0 Å². The summed E-state index contributed by atoms with van der Waals surface area (Å²) in [5, 5.41) is 22.9. The van der Waals surface area contributed by atoms with Gasteiger partial charge in [0.25, 0.3) is 0 Å². The minimum absolute atomic E-state index is 0.0714. The number of unbranched alkanes of at least 4 members (excludes halogenated alkanes) is 28. The second-order valence-electron chi connectivity index (χ2n) is 14.1. The number of carbonyl (C=O) groups is 1. The lowest BCUT2D eigenvalue weighted by atomic mass is 10.0. The van der Waals surface area contributed by atoms with Gasteiger partial charge in [0, 0.05) is 6.42 Å². The minimum Gasteiger partial charge on any atom is -0.394 e. The Morgan fingerprint density at radius 2 is 0.848 bits per heavy atom. The van der Waals surface area contributed by atoms with Gasteiger partial charge in [0.05, 0.1) is 18.8 Å². The second-order valence-corrected chi connectivity index (χ2v) is 14.1. The zero-order valence-electron chi connectivity index (χ0n) is 31.1. The molecule has 0 aromatic heterocycles. The molecule has 0 rings (SSSR count). The summed E-state index contributed by atoms with van der Waals surface area (Å²) < 4.78 is 0. The average molecular weight is 648 g/mol. The van der Waals surface area contributed by atoms with Gasteiger partial charge in [-0.2, -0.15) is 0 Å². The number of hydrogen-bond acceptors (Lipinski definition) is 3. The maximum atomic E-state index is 12.3. The zero-order valence-corrected chi connectivity index (χ0v) is 31.1. The van der Waals surface area contributed by atoms with E-state index >= 15 is 0 Å². The second kappa shape index (κ2) is 38.3. The van der Waals surface area contributed by atoms with Crippen molar-refractivity contribution in [3.05, 3.63) is 24.3 Å². The highest BCUT2D eigenvalue weighted by atomic mass is 16.3. The standard InChI is InChI=1S/C42H81NO3/c1-3-5-7-9-11-13-15-17-19-21-22-24-26-28-30-32-34-36-38-42(46)43-40(39-44)41(45)37-35-33-31-29-27-25-23-20-18-16-14-12-10-8-6-4-2/h27,29,35,37,40-41,44-45H,3-26,28,30-34,36,38-39H2,1-2H3,(H,43,46)/b29-27+,37-35+. The molecule has 272 valence electrons. The highest BCUT2D eigenvalue weighted by molar-refractivity contribution is 5.76. The first kappa shape index (κ1) is 44.9. The third-order valence-corrected chi connectivity index (χ3v) is 9.44. The fourth-order valence-corrected chi connectivity index (χ4v) is 6.25. The van der Waals surface area contributed by atoms with Crippen LogP contribution in [0.3, 0.4) is 0 Å². The molecule has 46 heavy (non-hydrogen) atoms. The van der Waals surface area contributed by atoms with Gasteiger partial charge in [-0.25, -0.2) is 0 Å². The van der Waals surface area contributed by atoms with Crippen LogP contribution in [-0.4, -0.2) is 34.9 Å². The van der Waals surface area contributed by atoms with Crippen molar-refractivity contribution >= 4 is 5.91 Å². The van der Waals surface area contributed by atoms with E-state index in [1.807, 2.05) is 6.08 Å². The molecule has 0 aliphatic heterocycles. The third-order valence-electron chi connectivity index (χ3n) is 9.44. The summed E-state index contributed by atoms with van der Waals surface area (Å²) in [5.74, 6) is -0.0714. The molecule has 0 spiro atoms. The van der Waals surface area contributed by atoms with Crippen molar-refractivity contribution in [2.45, 2.75) is 231 Å². The highest BCUT2D eigenvalue weighted by Gasteiger charge is 2.17. The van der Waals surface area contributed by atoms with Gasteiger partial charge in [0.2, 0.25) is 5.91 Å². The molecule has 4 heteroatoms. The maximum Gasteiger partial charge on any atom is 0.220 e. The van der Waals surface area contributed by atoms with E-state index in [0.717, 1.165) is 32.1 Å². The van der Waals surface area contributed by atoms with E-state index in [-0.39, 0.29) is 12.5 Å². The molecule has 0 aliphatic carbocycles. The quantitative estimate of drug-likeness (QED) is 0.0464. The first-order valence-corrected chi connectivity index (χ1v) is 20.6. The molecule has 0 aliphatic rings. The number of nitrogens with one attached hydrogen (secondary N) is 1. The molecule has 0 saturated heterocycles. The Morgan fingerprint density at radius 1 is 0.500 bits per heavy atom. The van der Waals surface area contributed by atoms with Gasteiger partial charge in [-0.05, 0) is 32.1 Å². The molecule has 0 heterocycles. The van der Waals surface area contributed by atoms with Gasteiger partial charge in [-0.15, -0.1) is 0 Å². The van der Waals surface area contributed by atoms with Crippen molar-refractivity contribution < 1.29 is 15.0 Å². The highest BCUT2D eigenvalue weighted by Crippen LogP contribution is 2.15. The predicted octanol–water partition coefficient (Wildman–Crippen LogP) is 12.5. The first-order chi connectivity index (χ1) is 22.7. The summed E-state index contributed by atoms with van der Waals surface area (Å²) in [5.41, 5.74) is 0. The van der Waals surface area contributed by atoms with Crippen LogP contribution in [0.5, 0.6) is 0 Å². The molecular weight excluding hydrogens is 566 g/mol.